The summed E-state index contributed by atoms with van der Waals surface area (Å²) in [6.07, 6.45) is 1.46. The van der Waals surface area contributed by atoms with Crippen LogP contribution in [0.15, 0.2) is 40.7 Å². The first-order valence-electron chi connectivity index (χ1n) is 6.80. The number of hydrogen-bond donors (Lipinski definition) is 2. The molecular weight excluding hydrogens is 354 g/mol. The second-order valence-corrected chi connectivity index (χ2v) is 7.17. The molecule has 8 nitrogen and oxygen atoms in total. The van der Waals surface area contributed by atoms with Crippen molar-refractivity contribution in [2.45, 2.75) is 17.7 Å². The van der Waals surface area contributed by atoms with Crippen molar-refractivity contribution in [1.82, 2.24) is 4.98 Å². The van der Waals surface area contributed by atoms with Gasteiger partial charge in [-0.3, -0.25) is 14.3 Å². The normalized spacial score (nSPS) is 10.9. The fourth-order valence-electron chi connectivity index (χ4n) is 1.71. The van der Waals surface area contributed by atoms with Crippen molar-refractivity contribution in [2.75, 3.05) is 17.1 Å². The van der Waals surface area contributed by atoms with Crippen molar-refractivity contribution < 1.29 is 22.7 Å². The summed E-state index contributed by atoms with van der Waals surface area (Å²) in [5, 5.41) is 4.50. The monoisotopic (exact) mass is 369 g/mol. The van der Waals surface area contributed by atoms with E-state index in [4.69, 9.17) is 0 Å². The lowest BCUT2D eigenvalue weighted by atomic mass is 10.2. The molecular formula is C14H15N3O5S2. The van der Waals surface area contributed by atoms with E-state index in [2.05, 4.69) is 19.8 Å². The Morgan fingerprint density at radius 1 is 1.21 bits per heavy atom. The number of carbonyl (C=O) groups is 2. The molecule has 0 unspecified atom stereocenters. The third kappa shape index (κ3) is 5.03. The number of sulfonamides is 1. The van der Waals surface area contributed by atoms with Gasteiger partial charge in [0.05, 0.1) is 18.4 Å². The third-order valence-electron chi connectivity index (χ3n) is 2.89. The Kier molecular flexibility index (Phi) is 5.88. The lowest BCUT2D eigenvalue weighted by Crippen LogP contribution is -2.15. The third-order valence-corrected chi connectivity index (χ3v) is 5.06. The van der Waals surface area contributed by atoms with Gasteiger partial charge in [0, 0.05) is 23.7 Å². The molecule has 1 aromatic carbocycles. The maximum atomic E-state index is 12.2. The average molecular weight is 369 g/mol. The predicted octanol–water partition coefficient (Wildman–Crippen LogP) is 1.84. The minimum Gasteiger partial charge on any atom is -0.469 e. The molecule has 128 valence electrons. The van der Waals surface area contributed by atoms with Crippen molar-refractivity contribution in [3.05, 3.63) is 35.8 Å². The largest absolute Gasteiger partial charge is 0.469 e. The van der Waals surface area contributed by atoms with Crippen LogP contribution in [0.3, 0.4) is 0 Å². The van der Waals surface area contributed by atoms with Crippen LogP contribution in [0.5, 0.6) is 0 Å². The van der Waals surface area contributed by atoms with Crippen LogP contribution >= 0.6 is 11.3 Å². The highest BCUT2D eigenvalue weighted by atomic mass is 32.2. The van der Waals surface area contributed by atoms with Crippen LogP contribution < -0.4 is 10.0 Å². The number of methoxy groups -OCH3 is 1. The van der Waals surface area contributed by atoms with E-state index in [1.807, 2.05) is 0 Å². The Morgan fingerprint density at radius 2 is 1.92 bits per heavy atom. The van der Waals surface area contributed by atoms with E-state index < -0.39 is 16.0 Å². The molecule has 2 N–H and O–H groups in total. The first kappa shape index (κ1) is 17.9. The molecule has 10 heteroatoms. The number of hydrogen-bond acceptors (Lipinski definition) is 7. The number of nitrogens with zero attached hydrogens (tertiary/aromatic N) is 1. The van der Waals surface area contributed by atoms with Crippen LogP contribution in [0.25, 0.3) is 0 Å². The Balaban J connectivity index is 1.97. The number of anilines is 2. The molecule has 0 aliphatic carbocycles. The van der Waals surface area contributed by atoms with Crippen LogP contribution in [0, 0.1) is 0 Å². The number of ether oxygens (including phenoxy) is 1. The molecule has 2 aromatic rings. The van der Waals surface area contributed by atoms with Crippen molar-refractivity contribution >= 4 is 44.1 Å². The molecule has 0 atom stereocenters. The number of aromatic nitrogens is 1. The highest BCUT2D eigenvalue weighted by Crippen LogP contribution is 2.19. The number of nitrogens with one attached hydrogen (secondary N) is 2. The van der Waals surface area contributed by atoms with Gasteiger partial charge in [-0.1, -0.05) is 0 Å². The summed E-state index contributed by atoms with van der Waals surface area (Å²) >= 11 is 1.17. The lowest BCUT2D eigenvalue weighted by Gasteiger charge is -2.08. The highest BCUT2D eigenvalue weighted by molar-refractivity contribution is 7.93. The molecule has 1 aromatic heterocycles. The van der Waals surface area contributed by atoms with Gasteiger partial charge in [-0.25, -0.2) is 13.4 Å². The molecule has 24 heavy (non-hydrogen) atoms. The van der Waals surface area contributed by atoms with Crippen molar-refractivity contribution in [2.24, 2.45) is 0 Å². The Hall–Kier alpha value is -2.46. The molecule has 0 radical (unpaired) electrons. The number of rotatable bonds is 7. The quantitative estimate of drug-likeness (QED) is 0.720. The zero-order valence-electron chi connectivity index (χ0n) is 12.7. The number of thiazole rings is 1. The summed E-state index contributed by atoms with van der Waals surface area (Å²) in [5.41, 5.74) is 0.429. The molecule has 0 spiro atoms. The van der Waals surface area contributed by atoms with E-state index in [0.29, 0.717) is 5.69 Å². The maximum Gasteiger partial charge on any atom is 0.306 e. The first-order chi connectivity index (χ1) is 11.4. The lowest BCUT2D eigenvalue weighted by molar-refractivity contribution is -0.141. The number of benzene rings is 1. The fraction of sp³-hybridized carbons (Fsp3) is 0.214. The molecule has 0 aliphatic rings. The van der Waals surface area contributed by atoms with Gasteiger partial charge in [-0.2, -0.15) is 0 Å². The molecule has 0 fully saturated rings. The fourth-order valence-corrected chi connectivity index (χ4v) is 3.50. The van der Waals surface area contributed by atoms with E-state index in [0.717, 1.165) is 0 Å². The summed E-state index contributed by atoms with van der Waals surface area (Å²) < 4.78 is 31.1. The van der Waals surface area contributed by atoms with Gasteiger partial charge in [0.25, 0.3) is 10.0 Å². The number of carbonyl (C=O) groups excluding carboxylic acids is 2. The predicted molar refractivity (Wildman–Crippen MR) is 89.2 cm³/mol. The van der Waals surface area contributed by atoms with Gasteiger partial charge in [-0.15, -0.1) is 11.3 Å². The van der Waals surface area contributed by atoms with Gasteiger partial charge in [0.15, 0.2) is 5.13 Å². The van der Waals surface area contributed by atoms with Gasteiger partial charge in [-0.05, 0) is 24.3 Å². The standard InChI is InChI=1S/C14H15N3O5S2/c1-22-13(19)7-6-12(18)16-10-2-4-11(5-3-10)24(20,21)17-14-15-8-9-23-14/h2-5,8-9H,6-7H2,1H3,(H,15,17)(H,16,18). The van der Waals surface area contributed by atoms with E-state index in [1.54, 1.807) is 5.38 Å². The van der Waals surface area contributed by atoms with E-state index >= 15 is 0 Å². The van der Waals surface area contributed by atoms with E-state index in [9.17, 15) is 18.0 Å². The average Bonchev–Trinajstić information content (AvgIpc) is 3.05. The molecule has 2 rings (SSSR count). The smallest absolute Gasteiger partial charge is 0.306 e. The van der Waals surface area contributed by atoms with Gasteiger partial charge in [0.2, 0.25) is 5.91 Å². The highest BCUT2D eigenvalue weighted by Gasteiger charge is 2.15. The van der Waals surface area contributed by atoms with Crippen LogP contribution in [0.2, 0.25) is 0 Å². The Morgan fingerprint density at radius 3 is 2.50 bits per heavy atom. The SMILES string of the molecule is COC(=O)CCC(=O)Nc1ccc(S(=O)(=O)Nc2nccs2)cc1. The van der Waals surface area contributed by atoms with E-state index in [1.165, 1.54) is 48.9 Å². The Bertz CT molecular complexity index is 801. The summed E-state index contributed by atoms with van der Waals surface area (Å²) in [6, 6.07) is 5.66. The molecule has 1 heterocycles. The minimum atomic E-state index is -3.73. The topological polar surface area (TPSA) is 114 Å². The molecule has 0 saturated heterocycles. The molecule has 0 aliphatic heterocycles. The second-order valence-electron chi connectivity index (χ2n) is 4.59. The summed E-state index contributed by atoms with van der Waals surface area (Å²) in [4.78, 5) is 26.5. The van der Waals surface area contributed by atoms with Gasteiger partial charge in [0.1, 0.15) is 0 Å². The van der Waals surface area contributed by atoms with Crippen LogP contribution in [0.4, 0.5) is 10.8 Å². The molecule has 1 amide bonds. The van der Waals surface area contributed by atoms with Crippen LogP contribution in [-0.4, -0.2) is 32.4 Å². The van der Waals surface area contributed by atoms with Gasteiger partial charge < -0.3 is 10.1 Å². The minimum absolute atomic E-state index is 0.0155. The summed E-state index contributed by atoms with van der Waals surface area (Å²) in [5.74, 6) is -0.836. The zero-order chi connectivity index (χ0) is 17.6. The van der Waals surface area contributed by atoms with Gasteiger partial charge >= 0.3 is 5.97 Å². The van der Waals surface area contributed by atoms with Crippen molar-refractivity contribution in [3.8, 4) is 0 Å². The molecule has 0 bridgehead atoms. The number of amides is 1. The maximum absolute atomic E-state index is 12.2. The zero-order valence-corrected chi connectivity index (χ0v) is 14.3. The summed E-state index contributed by atoms with van der Waals surface area (Å²) in [6.45, 7) is 0. The van der Waals surface area contributed by atoms with Crippen molar-refractivity contribution in [1.29, 1.82) is 0 Å². The van der Waals surface area contributed by atoms with Crippen LogP contribution in [-0.2, 0) is 24.3 Å². The Labute approximate surface area is 142 Å². The van der Waals surface area contributed by atoms with Crippen LogP contribution in [0.1, 0.15) is 12.8 Å². The summed E-state index contributed by atoms with van der Waals surface area (Å²) in [7, 11) is -2.48. The van der Waals surface area contributed by atoms with Crippen molar-refractivity contribution in [3.63, 3.8) is 0 Å². The first-order valence-corrected chi connectivity index (χ1v) is 9.16. The second kappa shape index (κ2) is 7.88. The molecule has 0 saturated carbocycles. The number of esters is 1. The van der Waals surface area contributed by atoms with E-state index in [-0.39, 0.29) is 28.8 Å².